The van der Waals surface area contributed by atoms with E-state index in [1.165, 1.54) is 12.1 Å². The summed E-state index contributed by atoms with van der Waals surface area (Å²) in [5.74, 6) is -0.398. The number of hydrogen-bond donors (Lipinski definition) is 3. The van der Waals surface area contributed by atoms with Crippen LogP contribution in [0.15, 0.2) is 73.2 Å². The van der Waals surface area contributed by atoms with Gasteiger partial charge < -0.3 is 10.3 Å². The molecule has 0 unspecified atom stereocenters. The summed E-state index contributed by atoms with van der Waals surface area (Å²) in [5, 5.41) is 11.2. The highest BCUT2D eigenvalue weighted by Gasteiger charge is 2.16. The number of benzene rings is 1. The molecule has 0 radical (unpaired) electrons. The van der Waals surface area contributed by atoms with Crippen molar-refractivity contribution in [1.82, 2.24) is 30.1 Å². The summed E-state index contributed by atoms with van der Waals surface area (Å²) in [6, 6.07) is 15.8. The first-order valence-corrected chi connectivity index (χ1v) is 11.4. The number of anilines is 1. The lowest BCUT2D eigenvalue weighted by Crippen LogP contribution is -2.09. The summed E-state index contributed by atoms with van der Waals surface area (Å²) in [4.78, 5) is 28.8. The van der Waals surface area contributed by atoms with Crippen LogP contribution in [0.25, 0.3) is 55.8 Å². The Morgan fingerprint density at radius 2 is 1.92 bits per heavy atom. The Labute approximate surface area is 204 Å². The molecule has 0 aliphatic carbocycles. The van der Waals surface area contributed by atoms with Gasteiger partial charge in [0, 0.05) is 40.8 Å². The highest BCUT2D eigenvalue weighted by molar-refractivity contribution is 5.99. The van der Waals surface area contributed by atoms with Gasteiger partial charge in [0.2, 0.25) is 5.91 Å². The molecular formula is C27H20FN7O. The quantitative estimate of drug-likeness (QED) is 0.294. The molecule has 5 aromatic heterocycles. The van der Waals surface area contributed by atoms with Crippen molar-refractivity contribution in [3.05, 3.63) is 79.0 Å². The van der Waals surface area contributed by atoms with Gasteiger partial charge in [-0.2, -0.15) is 5.10 Å². The molecule has 176 valence electrons. The fourth-order valence-corrected chi connectivity index (χ4v) is 4.19. The summed E-state index contributed by atoms with van der Waals surface area (Å²) in [6.45, 7) is 1.80. The van der Waals surface area contributed by atoms with Gasteiger partial charge in [-0.3, -0.25) is 19.9 Å². The number of rotatable bonds is 5. The standard InChI is InChI=1S/C27H20FN7O/c1-2-24(36)31-18-11-16(13-29-14-18)20-6-7-22-26(33-20)27(35-34-22)23-12-19-21(32-23)8-9-30-25(19)15-4-3-5-17(28)10-15/h3-14,32H,2H2,1H3,(H,31,36)(H,34,35). The van der Waals surface area contributed by atoms with Crippen LogP contribution < -0.4 is 5.32 Å². The second kappa shape index (κ2) is 8.70. The van der Waals surface area contributed by atoms with E-state index in [-0.39, 0.29) is 11.7 Å². The molecule has 0 spiro atoms. The number of fused-ring (bicyclic) bond motifs is 2. The molecule has 1 aromatic carbocycles. The molecule has 0 aliphatic heterocycles. The molecule has 3 N–H and O–H groups in total. The number of halogens is 1. The van der Waals surface area contributed by atoms with Crippen molar-refractivity contribution < 1.29 is 9.18 Å². The highest BCUT2D eigenvalue weighted by Crippen LogP contribution is 2.33. The van der Waals surface area contributed by atoms with E-state index in [0.29, 0.717) is 40.3 Å². The highest BCUT2D eigenvalue weighted by atomic mass is 19.1. The number of aromatic nitrogens is 6. The Morgan fingerprint density at radius 3 is 2.78 bits per heavy atom. The maximum absolute atomic E-state index is 13.9. The van der Waals surface area contributed by atoms with E-state index in [4.69, 9.17) is 4.98 Å². The number of carbonyl (C=O) groups is 1. The van der Waals surface area contributed by atoms with Gasteiger partial charge in [-0.15, -0.1) is 0 Å². The molecule has 0 saturated carbocycles. The van der Waals surface area contributed by atoms with Gasteiger partial charge in [-0.05, 0) is 42.5 Å². The van der Waals surface area contributed by atoms with Crippen molar-refractivity contribution in [2.45, 2.75) is 13.3 Å². The topological polar surface area (TPSA) is 112 Å². The van der Waals surface area contributed by atoms with Crippen molar-refractivity contribution in [3.8, 4) is 33.9 Å². The third kappa shape index (κ3) is 3.86. The molecule has 6 rings (SSSR count). The number of pyridine rings is 3. The normalized spacial score (nSPS) is 11.3. The van der Waals surface area contributed by atoms with E-state index in [1.807, 2.05) is 36.4 Å². The van der Waals surface area contributed by atoms with Crippen LogP contribution >= 0.6 is 0 Å². The summed E-state index contributed by atoms with van der Waals surface area (Å²) >= 11 is 0. The second-order valence-corrected chi connectivity index (χ2v) is 8.34. The molecule has 0 aliphatic rings. The summed E-state index contributed by atoms with van der Waals surface area (Å²) in [7, 11) is 0. The molecule has 9 heteroatoms. The van der Waals surface area contributed by atoms with Gasteiger partial charge in [0.05, 0.1) is 34.5 Å². The molecule has 0 bridgehead atoms. The summed E-state index contributed by atoms with van der Waals surface area (Å²) in [5.41, 5.74) is 7.18. The smallest absolute Gasteiger partial charge is 0.224 e. The summed E-state index contributed by atoms with van der Waals surface area (Å²) < 4.78 is 13.9. The molecule has 6 aromatic rings. The largest absolute Gasteiger partial charge is 0.353 e. The monoisotopic (exact) mass is 477 g/mol. The maximum atomic E-state index is 13.9. The molecule has 8 nitrogen and oxygen atoms in total. The molecule has 5 heterocycles. The van der Waals surface area contributed by atoms with Crippen LogP contribution in [0.2, 0.25) is 0 Å². The Hall–Kier alpha value is -4.92. The molecule has 0 atom stereocenters. The van der Waals surface area contributed by atoms with Gasteiger partial charge in [-0.1, -0.05) is 19.1 Å². The van der Waals surface area contributed by atoms with Crippen LogP contribution in [0.3, 0.4) is 0 Å². The van der Waals surface area contributed by atoms with Crippen LogP contribution in [-0.4, -0.2) is 36.0 Å². The van der Waals surface area contributed by atoms with Gasteiger partial charge in [-0.25, -0.2) is 9.37 Å². The maximum Gasteiger partial charge on any atom is 0.224 e. The Balaban J connectivity index is 1.43. The first kappa shape index (κ1) is 21.6. The van der Waals surface area contributed by atoms with Gasteiger partial charge in [0.15, 0.2) is 0 Å². The SMILES string of the molecule is CCC(=O)Nc1cncc(-c2ccc3[nH]nc(-c4cc5c(-c6cccc(F)c6)nccc5[nH]4)c3n2)c1. The molecule has 36 heavy (non-hydrogen) atoms. The van der Waals surface area contributed by atoms with Crippen LogP contribution in [0.1, 0.15) is 13.3 Å². The minimum absolute atomic E-state index is 0.0830. The molecular weight excluding hydrogens is 457 g/mol. The van der Waals surface area contributed by atoms with E-state index in [1.54, 1.807) is 31.6 Å². The number of aromatic amines is 2. The second-order valence-electron chi connectivity index (χ2n) is 8.34. The van der Waals surface area contributed by atoms with E-state index in [0.717, 1.165) is 27.7 Å². The van der Waals surface area contributed by atoms with Crippen molar-refractivity contribution in [3.63, 3.8) is 0 Å². The zero-order valence-electron chi connectivity index (χ0n) is 19.2. The third-order valence-electron chi connectivity index (χ3n) is 5.95. The minimum Gasteiger partial charge on any atom is -0.353 e. The number of amides is 1. The number of nitrogens with zero attached hydrogens (tertiary/aromatic N) is 4. The predicted octanol–water partition coefficient (Wildman–Crippen LogP) is 5.72. The van der Waals surface area contributed by atoms with Crippen LogP contribution in [0, 0.1) is 5.82 Å². The fourth-order valence-electron chi connectivity index (χ4n) is 4.19. The first-order chi connectivity index (χ1) is 17.6. The van der Waals surface area contributed by atoms with Gasteiger partial charge in [0.1, 0.15) is 17.0 Å². The Morgan fingerprint density at radius 1 is 1.00 bits per heavy atom. The van der Waals surface area contributed by atoms with E-state index < -0.39 is 0 Å². The van der Waals surface area contributed by atoms with E-state index in [2.05, 4.69) is 30.5 Å². The zero-order valence-corrected chi connectivity index (χ0v) is 19.2. The molecule has 0 fully saturated rings. The van der Waals surface area contributed by atoms with Gasteiger partial charge in [0.25, 0.3) is 0 Å². The van der Waals surface area contributed by atoms with Crippen molar-refractivity contribution >= 4 is 33.5 Å². The summed E-state index contributed by atoms with van der Waals surface area (Å²) in [6.07, 6.45) is 5.38. The number of H-pyrrole nitrogens is 2. The number of carbonyl (C=O) groups excluding carboxylic acids is 1. The predicted molar refractivity (Wildman–Crippen MR) is 137 cm³/mol. The third-order valence-corrected chi connectivity index (χ3v) is 5.95. The molecule has 1 amide bonds. The number of nitrogens with one attached hydrogen (secondary N) is 3. The van der Waals surface area contributed by atoms with Crippen LogP contribution in [-0.2, 0) is 4.79 Å². The van der Waals surface area contributed by atoms with Crippen molar-refractivity contribution in [1.29, 1.82) is 0 Å². The Bertz CT molecular complexity index is 1750. The van der Waals surface area contributed by atoms with E-state index in [9.17, 15) is 9.18 Å². The zero-order chi connectivity index (χ0) is 24.6. The fraction of sp³-hybridized carbons (Fsp3) is 0.0741. The van der Waals surface area contributed by atoms with E-state index >= 15 is 0 Å². The first-order valence-electron chi connectivity index (χ1n) is 11.4. The lowest BCUT2D eigenvalue weighted by molar-refractivity contribution is -0.115. The van der Waals surface area contributed by atoms with Crippen LogP contribution in [0.5, 0.6) is 0 Å². The van der Waals surface area contributed by atoms with Crippen molar-refractivity contribution in [2.75, 3.05) is 5.32 Å². The van der Waals surface area contributed by atoms with Crippen molar-refractivity contribution in [2.24, 2.45) is 0 Å². The average molecular weight is 478 g/mol. The minimum atomic E-state index is -0.315. The lowest BCUT2D eigenvalue weighted by atomic mass is 10.1. The number of hydrogen-bond acceptors (Lipinski definition) is 5. The Kier molecular flexibility index (Phi) is 5.22. The average Bonchev–Trinajstić information content (AvgIpc) is 3.52. The van der Waals surface area contributed by atoms with Crippen LogP contribution in [0.4, 0.5) is 10.1 Å². The lowest BCUT2D eigenvalue weighted by Gasteiger charge is -2.06. The molecule has 0 saturated heterocycles. The van der Waals surface area contributed by atoms with Gasteiger partial charge >= 0.3 is 0 Å².